The molecule has 0 radical (unpaired) electrons. The smallest absolute Gasteiger partial charge is 0.0274 e. The van der Waals surface area contributed by atoms with Gasteiger partial charge < -0.3 is 0 Å². The number of nitrogens with zero attached hydrogens (tertiary/aromatic N) is 1. The molecule has 0 aromatic heterocycles. The molecule has 0 aliphatic carbocycles. The standard InChI is InChI=1S/C11H26N2/c1-8-10(2,3)9-11(4,5)12-13(6)7/h12H,8-9H2,1-7H3. The van der Waals surface area contributed by atoms with Crippen LogP contribution in [-0.4, -0.2) is 24.6 Å². The Labute approximate surface area is 83.7 Å². The van der Waals surface area contributed by atoms with Gasteiger partial charge in [0.05, 0.1) is 0 Å². The van der Waals surface area contributed by atoms with Crippen molar-refractivity contribution >= 4 is 0 Å². The van der Waals surface area contributed by atoms with Crippen LogP contribution in [0.25, 0.3) is 0 Å². The Hall–Kier alpha value is -0.0800. The van der Waals surface area contributed by atoms with Gasteiger partial charge in [-0.2, -0.15) is 0 Å². The predicted octanol–water partition coefficient (Wildman–Crippen LogP) is 2.66. The van der Waals surface area contributed by atoms with E-state index in [1.165, 1.54) is 12.8 Å². The lowest BCUT2D eigenvalue weighted by molar-refractivity contribution is 0.129. The molecule has 0 aliphatic rings. The van der Waals surface area contributed by atoms with Gasteiger partial charge in [-0.25, -0.2) is 0 Å². The highest BCUT2D eigenvalue weighted by Crippen LogP contribution is 2.30. The monoisotopic (exact) mass is 186 g/mol. The minimum Gasteiger partial charge on any atom is -0.250 e. The summed E-state index contributed by atoms with van der Waals surface area (Å²) in [6.45, 7) is 11.4. The lowest BCUT2D eigenvalue weighted by Gasteiger charge is -2.37. The quantitative estimate of drug-likeness (QED) is 0.664. The second kappa shape index (κ2) is 4.43. The van der Waals surface area contributed by atoms with Gasteiger partial charge in [0, 0.05) is 19.6 Å². The third-order valence-corrected chi connectivity index (χ3v) is 2.40. The van der Waals surface area contributed by atoms with Gasteiger partial charge in [0.15, 0.2) is 0 Å². The van der Waals surface area contributed by atoms with Gasteiger partial charge in [0.25, 0.3) is 0 Å². The lowest BCUT2D eigenvalue weighted by atomic mass is 9.78. The van der Waals surface area contributed by atoms with Gasteiger partial charge in [0.2, 0.25) is 0 Å². The van der Waals surface area contributed by atoms with Gasteiger partial charge in [-0.05, 0) is 25.7 Å². The van der Waals surface area contributed by atoms with Crippen LogP contribution >= 0.6 is 0 Å². The van der Waals surface area contributed by atoms with Crippen molar-refractivity contribution in [1.29, 1.82) is 0 Å². The van der Waals surface area contributed by atoms with Gasteiger partial charge in [0.1, 0.15) is 0 Å². The number of rotatable bonds is 5. The van der Waals surface area contributed by atoms with E-state index in [9.17, 15) is 0 Å². The maximum atomic E-state index is 3.44. The fraction of sp³-hybridized carbons (Fsp3) is 1.00. The summed E-state index contributed by atoms with van der Waals surface area (Å²) in [7, 11) is 4.08. The van der Waals surface area contributed by atoms with Gasteiger partial charge in [-0.15, -0.1) is 0 Å². The van der Waals surface area contributed by atoms with Crippen LogP contribution in [0.5, 0.6) is 0 Å². The SMILES string of the molecule is CCC(C)(C)CC(C)(C)NN(C)C. The van der Waals surface area contributed by atoms with Crippen molar-refractivity contribution in [2.75, 3.05) is 14.1 Å². The van der Waals surface area contributed by atoms with Crippen LogP contribution in [0, 0.1) is 5.41 Å². The van der Waals surface area contributed by atoms with Crippen molar-refractivity contribution in [3.63, 3.8) is 0 Å². The average molecular weight is 186 g/mol. The van der Waals surface area contributed by atoms with E-state index in [1.54, 1.807) is 0 Å². The van der Waals surface area contributed by atoms with E-state index >= 15 is 0 Å². The molecule has 0 atom stereocenters. The van der Waals surface area contributed by atoms with E-state index in [4.69, 9.17) is 0 Å². The molecule has 13 heavy (non-hydrogen) atoms. The zero-order chi connectivity index (χ0) is 10.7. The second-order valence-electron chi connectivity index (χ2n) is 5.58. The van der Waals surface area contributed by atoms with Crippen LogP contribution in [0.15, 0.2) is 0 Å². The molecule has 0 heterocycles. The van der Waals surface area contributed by atoms with E-state index < -0.39 is 0 Å². The highest BCUT2D eigenvalue weighted by molar-refractivity contribution is 4.83. The summed E-state index contributed by atoms with van der Waals surface area (Å²) in [6, 6.07) is 0. The maximum Gasteiger partial charge on any atom is 0.0274 e. The Morgan fingerprint density at radius 1 is 1.08 bits per heavy atom. The molecule has 0 saturated heterocycles. The van der Waals surface area contributed by atoms with E-state index in [1.807, 2.05) is 19.1 Å². The van der Waals surface area contributed by atoms with Crippen molar-refractivity contribution in [3.05, 3.63) is 0 Å². The fourth-order valence-electron chi connectivity index (χ4n) is 1.97. The molecule has 0 amide bonds. The van der Waals surface area contributed by atoms with E-state index in [0.717, 1.165) is 0 Å². The Morgan fingerprint density at radius 3 is 1.85 bits per heavy atom. The van der Waals surface area contributed by atoms with Crippen molar-refractivity contribution < 1.29 is 0 Å². The molecule has 0 fully saturated rings. The Bertz CT molecular complexity index is 148. The third kappa shape index (κ3) is 6.05. The van der Waals surface area contributed by atoms with Gasteiger partial charge >= 0.3 is 0 Å². The lowest BCUT2D eigenvalue weighted by Crippen LogP contribution is -2.49. The number of hydrogen-bond acceptors (Lipinski definition) is 2. The van der Waals surface area contributed by atoms with E-state index in [0.29, 0.717) is 5.41 Å². The molecule has 80 valence electrons. The number of hydrogen-bond donors (Lipinski definition) is 1. The van der Waals surface area contributed by atoms with E-state index in [2.05, 4.69) is 40.0 Å². The van der Waals surface area contributed by atoms with Gasteiger partial charge in [-0.3, -0.25) is 10.4 Å². The molecule has 0 saturated carbocycles. The molecule has 0 unspecified atom stereocenters. The van der Waals surface area contributed by atoms with Crippen LogP contribution in [0.4, 0.5) is 0 Å². The summed E-state index contributed by atoms with van der Waals surface area (Å²) in [5.41, 5.74) is 4.05. The molecule has 0 spiro atoms. The topological polar surface area (TPSA) is 15.3 Å². The first-order valence-corrected chi connectivity index (χ1v) is 5.14. The van der Waals surface area contributed by atoms with Crippen molar-refractivity contribution in [1.82, 2.24) is 10.4 Å². The Morgan fingerprint density at radius 2 is 1.54 bits per heavy atom. The Kier molecular flexibility index (Phi) is 4.40. The highest BCUT2D eigenvalue weighted by Gasteiger charge is 2.27. The molecule has 1 N–H and O–H groups in total. The Balaban J connectivity index is 4.16. The first kappa shape index (κ1) is 12.9. The minimum atomic E-state index is 0.184. The van der Waals surface area contributed by atoms with Crippen LogP contribution < -0.4 is 5.43 Å². The molecular formula is C11H26N2. The van der Waals surface area contributed by atoms with Crippen molar-refractivity contribution in [2.45, 2.75) is 53.0 Å². The molecule has 0 aromatic rings. The molecule has 2 nitrogen and oxygen atoms in total. The summed E-state index contributed by atoms with van der Waals surface area (Å²) < 4.78 is 0. The van der Waals surface area contributed by atoms with Crippen LogP contribution in [-0.2, 0) is 0 Å². The number of nitrogens with one attached hydrogen (secondary N) is 1. The molecule has 0 rings (SSSR count). The minimum absolute atomic E-state index is 0.184. The fourth-order valence-corrected chi connectivity index (χ4v) is 1.97. The first-order valence-electron chi connectivity index (χ1n) is 5.14. The normalized spacial score (nSPS) is 13.8. The molecule has 2 heteroatoms. The average Bonchev–Trinajstić information content (AvgIpc) is 1.81. The molecule has 0 aliphatic heterocycles. The second-order valence-corrected chi connectivity index (χ2v) is 5.58. The predicted molar refractivity (Wildman–Crippen MR) is 59.6 cm³/mol. The van der Waals surface area contributed by atoms with Crippen LogP contribution in [0.2, 0.25) is 0 Å². The highest BCUT2D eigenvalue weighted by atomic mass is 15.5. The summed E-state index contributed by atoms with van der Waals surface area (Å²) >= 11 is 0. The first-order chi connectivity index (χ1) is 5.68. The van der Waals surface area contributed by atoms with Gasteiger partial charge in [-0.1, -0.05) is 27.2 Å². The maximum absolute atomic E-state index is 3.44. The summed E-state index contributed by atoms with van der Waals surface area (Å²) in [4.78, 5) is 0. The molecule has 0 bridgehead atoms. The summed E-state index contributed by atoms with van der Waals surface area (Å²) in [6.07, 6.45) is 2.42. The third-order valence-electron chi connectivity index (χ3n) is 2.40. The van der Waals surface area contributed by atoms with Crippen molar-refractivity contribution in [3.8, 4) is 0 Å². The van der Waals surface area contributed by atoms with Crippen LogP contribution in [0.3, 0.4) is 0 Å². The molecular weight excluding hydrogens is 160 g/mol. The zero-order valence-corrected chi connectivity index (χ0v) is 10.4. The number of hydrazine groups is 1. The largest absolute Gasteiger partial charge is 0.250 e. The zero-order valence-electron chi connectivity index (χ0n) is 10.4. The van der Waals surface area contributed by atoms with Crippen molar-refractivity contribution in [2.24, 2.45) is 5.41 Å². The van der Waals surface area contributed by atoms with E-state index in [-0.39, 0.29) is 5.54 Å². The van der Waals surface area contributed by atoms with Crippen LogP contribution in [0.1, 0.15) is 47.5 Å². The summed E-state index contributed by atoms with van der Waals surface area (Å²) in [5.74, 6) is 0. The summed E-state index contributed by atoms with van der Waals surface area (Å²) in [5, 5.41) is 2.03. The molecule has 0 aromatic carbocycles.